The van der Waals surface area contributed by atoms with E-state index in [1.165, 1.54) is 18.5 Å². The van der Waals surface area contributed by atoms with Gasteiger partial charge in [0.25, 0.3) is 0 Å². The first-order valence-electron chi connectivity index (χ1n) is 7.54. The summed E-state index contributed by atoms with van der Waals surface area (Å²) in [5.41, 5.74) is 7.50. The molecule has 1 heterocycles. The van der Waals surface area contributed by atoms with E-state index in [-0.39, 0.29) is 5.91 Å². The van der Waals surface area contributed by atoms with E-state index in [9.17, 15) is 4.79 Å². The van der Waals surface area contributed by atoms with Gasteiger partial charge in [0.15, 0.2) is 0 Å². The van der Waals surface area contributed by atoms with Gasteiger partial charge in [0.2, 0.25) is 5.91 Å². The van der Waals surface area contributed by atoms with Crippen LogP contribution in [-0.2, 0) is 4.79 Å². The Hall–Kier alpha value is -1.55. The van der Waals surface area contributed by atoms with Gasteiger partial charge in [-0.2, -0.15) is 0 Å². The Kier molecular flexibility index (Phi) is 5.41. The van der Waals surface area contributed by atoms with Crippen LogP contribution in [0.5, 0.6) is 0 Å². The van der Waals surface area contributed by atoms with Gasteiger partial charge in [-0.15, -0.1) is 0 Å². The van der Waals surface area contributed by atoms with Crippen LogP contribution < -0.4 is 16.0 Å². The summed E-state index contributed by atoms with van der Waals surface area (Å²) in [6.07, 6.45) is 3.71. The lowest BCUT2D eigenvalue weighted by atomic mass is 9.99. The van der Waals surface area contributed by atoms with Crippen molar-refractivity contribution in [1.29, 1.82) is 0 Å². The highest BCUT2D eigenvalue weighted by Gasteiger charge is 2.16. The Morgan fingerprint density at radius 3 is 2.85 bits per heavy atom. The fraction of sp³-hybridized carbons (Fsp3) is 0.562. The summed E-state index contributed by atoms with van der Waals surface area (Å²) in [5.74, 6) is 0.866. The van der Waals surface area contributed by atoms with Gasteiger partial charge in [0, 0.05) is 30.9 Å². The van der Waals surface area contributed by atoms with Crippen LogP contribution in [0.2, 0.25) is 0 Å². The molecule has 20 heavy (non-hydrogen) atoms. The zero-order valence-electron chi connectivity index (χ0n) is 12.3. The number of carbonyl (C=O) groups is 1. The van der Waals surface area contributed by atoms with Gasteiger partial charge in [-0.1, -0.05) is 13.0 Å². The Bertz CT molecular complexity index is 439. The van der Waals surface area contributed by atoms with E-state index in [1.807, 2.05) is 12.1 Å². The summed E-state index contributed by atoms with van der Waals surface area (Å²) in [6.45, 7) is 5.07. The normalized spacial score (nSPS) is 16.2. The van der Waals surface area contributed by atoms with Gasteiger partial charge in [-0.3, -0.25) is 4.79 Å². The molecule has 4 heteroatoms. The smallest absolute Gasteiger partial charge is 0.224 e. The van der Waals surface area contributed by atoms with Crippen LogP contribution >= 0.6 is 0 Å². The molecule has 1 aromatic carbocycles. The van der Waals surface area contributed by atoms with Crippen molar-refractivity contribution in [1.82, 2.24) is 0 Å². The highest BCUT2D eigenvalue weighted by atomic mass is 16.1. The zero-order chi connectivity index (χ0) is 14.4. The van der Waals surface area contributed by atoms with Gasteiger partial charge in [0.1, 0.15) is 0 Å². The molecule has 0 radical (unpaired) electrons. The largest absolute Gasteiger partial charge is 0.371 e. The van der Waals surface area contributed by atoms with Crippen molar-refractivity contribution >= 4 is 17.3 Å². The van der Waals surface area contributed by atoms with Crippen molar-refractivity contribution in [3.05, 3.63) is 24.3 Å². The van der Waals surface area contributed by atoms with Crippen molar-refractivity contribution in [2.45, 2.75) is 32.6 Å². The third kappa shape index (κ3) is 4.23. The molecule has 1 aliphatic rings. The molecule has 110 valence electrons. The first kappa shape index (κ1) is 14.9. The number of rotatable bonds is 5. The van der Waals surface area contributed by atoms with Crippen molar-refractivity contribution in [2.75, 3.05) is 29.9 Å². The lowest BCUT2D eigenvalue weighted by Gasteiger charge is -2.32. The van der Waals surface area contributed by atoms with Crippen LogP contribution in [0.15, 0.2) is 24.3 Å². The predicted molar refractivity (Wildman–Crippen MR) is 84.0 cm³/mol. The van der Waals surface area contributed by atoms with Gasteiger partial charge in [-0.05, 0) is 49.9 Å². The van der Waals surface area contributed by atoms with Crippen LogP contribution in [0.4, 0.5) is 11.4 Å². The number of nitrogens with zero attached hydrogens (tertiary/aromatic N) is 1. The summed E-state index contributed by atoms with van der Waals surface area (Å²) in [7, 11) is 0. The Balaban J connectivity index is 1.95. The quantitative estimate of drug-likeness (QED) is 0.868. The number of hydrogen-bond donors (Lipinski definition) is 2. The number of carbonyl (C=O) groups excluding carboxylic acids is 1. The molecule has 0 spiro atoms. The molecule has 1 amide bonds. The van der Waals surface area contributed by atoms with Gasteiger partial charge < -0.3 is 16.0 Å². The standard InChI is InChI=1S/C16H25N3O/c1-13-7-10-19(11-8-13)15-5-2-4-14(12-15)18-16(20)6-3-9-17/h2,4-5,12-13H,3,6-11,17H2,1H3,(H,18,20). The first-order chi connectivity index (χ1) is 9.69. The SMILES string of the molecule is CC1CCN(c2cccc(NC(=O)CCCN)c2)CC1. The lowest BCUT2D eigenvalue weighted by Crippen LogP contribution is -2.32. The molecule has 0 aliphatic carbocycles. The molecule has 0 atom stereocenters. The fourth-order valence-corrected chi connectivity index (χ4v) is 2.53. The van der Waals surface area contributed by atoms with E-state index in [2.05, 4.69) is 29.3 Å². The predicted octanol–water partition coefficient (Wildman–Crippen LogP) is 2.60. The zero-order valence-corrected chi connectivity index (χ0v) is 12.3. The number of piperidine rings is 1. The summed E-state index contributed by atoms with van der Waals surface area (Å²) >= 11 is 0. The minimum atomic E-state index is 0.0415. The maximum absolute atomic E-state index is 11.7. The second-order valence-corrected chi connectivity index (χ2v) is 5.66. The molecule has 4 nitrogen and oxygen atoms in total. The number of nitrogens with two attached hydrogens (primary N) is 1. The van der Waals surface area contributed by atoms with Gasteiger partial charge in [-0.25, -0.2) is 0 Å². The molecule has 1 saturated heterocycles. The van der Waals surface area contributed by atoms with Crippen molar-refractivity contribution < 1.29 is 4.79 Å². The highest BCUT2D eigenvalue weighted by Crippen LogP contribution is 2.25. The summed E-state index contributed by atoms with van der Waals surface area (Å²) in [6, 6.07) is 8.13. The van der Waals surface area contributed by atoms with Crippen LogP contribution in [0.25, 0.3) is 0 Å². The van der Waals surface area contributed by atoms with Crippen molar-refractivity contribution in [3.8, 4) is 0 Å². The maximum Gasteiger partial charge on any atom is 0.224 e. The molecule has 0 bridgehead atoms. The van der Waals surface area contributed by atoms with E-state index in [0.29, 0.717) is 13.0 Å². The topological polar surface area (TPSA) is 58.4 Å². The molecule has 0 aromatic heterocycles. The van der Waals surface area contributed by atoms with E-state index in [0.717, 1.165) is 31.1 Å². The molecule has 1 aromatic rings. The number of nitrogens with one attached hydrogen (secondary N) is 1. The van der Waals surface area contributed by atoms with Crippen LogP contribution in [0.1, 0.15) is 32.6 Å². The number of anilines is 2. The van der Waals surface area contributed by atoms with E-state index in [4.69, 9.17) is 5.73 Å². The van der Waals surface area contributed by atoms with E-state index >= 15 is 0 Å². The third-order valence-electron chi connectivity index (χ3n) is 3.89. The van der Waals surface area contributed by atoms with Gasteiger partial charge in [0.05, 0.1) is 0 Å². The molecule has 0 saturated carbocycles. The summed E-state index contributed by atoms with van der Waals surface area (Å²) < 4.78 is 0. The van der Waals surface area contributed by atoms with Crippen LogP contribution in [0, 0.1) is 5.92 Å². The third-order valence-corrected chi connectivity index (χ3v) is 3.89. The second kappa shape index (κ2) is 7.29. The van der Waals surface area contributed by atoms with E-state index in [1.54, 1.807) is 0 Å². The molecule has 3 N–H and O–H groups in total. The van der Waals surface area contributed by atoms with Crippen LogP contribution in [-0.4, -0.2) is 25.5 Å². The number of hydrogen-bond acceptors (Lipinski definition) is 3. The molecule has 1 fully saturated rings. The van der Waals surface area contributed by atoms with Gasteiger partial charge >= 0.3 is 0 Å². The minimum Gasteiger partial charge on any atom is -0.371 e. The molecule has 1 aliphatic heterocycles. The monoisotopic (exact) mass is 275 g/mol. The number of amides is 1. The Morgan fingerprint density at radius 2 is 2.15 bits per heavy atom. The average molecular weight is 275 g/mol. The maximum atomic E-state index is 11.7. The van der Waals surface area contributed by atoms with Crippen LogP contribution in [0.3, 0.4) is 0 Å². The van der Waals surface area contributed by atoms with E-state index < -0.39 is 0 Å². The number of benzene rings is 1. The fourth-order valence-electron chi connectivity index (χ4n) is 2.53. The molecule has 2 rings (SSSR count). The molecular weight excluding hydrogens is 250 g/mol. The molecular formula is C16H25N3O. The Morgan fingerprint density at radius 1 is 1.40 bits per heavy atom. The Labute approximate surface area is 121 Å². The summed E-state index contributed by atoms with van der Waals surface area (Å²) in [4.78, 5) is 14.1. The lowest BCUT2D eigenvalue weighted by molar-refractivity contribution is -0.116. The summed E-state index contributed by atoms with van der Waals surface area (Å²) in [5, 5.41) is 2.94. The van der Waals surface area contributed by atoms with Crippen molar-refractivity contribution in [3.63, 3.8) is 0 Å². The second-order valence-electron chi connectivity index (χ2n) is 5.66. The van der Waals surface area contributed by atoms with Crippen molar-refractivity contribution in [2.24, 2.45) is 11.7 Å². The minimum absolute atomic E-state index is 0.0415. The highest BCUT2D eigenvalue weighted by molar-refractivity contribution is 5.91. The first-order valence-corrected chi connectivity index (χ1v) is 7.54. The average Bonchev–Trinajstić information content (AvgIpc) is 2.46. The molecule has 0 unspecified atom stereocenters.